The van der Waals surface area contributed by atoms with Crippen molar-refractivity contribution in [1.29, 1.82) is 5.26 Å². The molecule has 44 valence electrons. The van der Waals surface area contributed by atoms with Crippen molar-refractivity contribution >= 4 is 12.8 Å². The molecule has 0 aromatic rings. The van der Waals surface area contributed by atoms with Crippen molar-refractivity contribution in [3.05, 3.63) is 0 Å². The van der Waals surface area contributed by atoms with Gasteiger partial charge in [-0.05, 0) is 0 Å². The van der Waals surface area contributed by atoms with Crippen LogP contribution in [0.1, 0.15) is 6.42 Å². The summed E-state index contributed by atoms with van der Waals surface area (Å²) in [5.74, 6) is -1.07. The first kappa shape index (κ1) is 9.80. The summed E-state index contributed by atoms with van der Waals surface area (Å²) in [6.45, 7) is 2.00. The van der Waals surface area contributed by atoms with Crippen LogP contribution in [-0.4, -0.2) is 17.9 Å². The minimum Gasteiger partial charge on any atom is -0.480 e. The van der Waals surface area contributed by atoms with Crippen LogP contribution < -0.4 is 0 Å². The molecule has 0 aromatic carbocycles. The van der Waals surface area contributed by atoms with Gasteiger partial charge in [-0.3, -0.25) is 4.79 Å². The fourth-order valence-electron chi connectivity index (χ4n) is 0.0676. The maximum Gasteiger partial charge on any atom is 0.317 e. The van der Waals surface area contributed by atoms with Crippen LogP contribution >= 0.6 is 0 Å². The molecule has 0 unspecified atom stereocenters. The van der Waals surface area contributed by atoms with Gasteiger partial charge in [-0.25, -0.2) is 0 Å². The van der Waals surface area contributed by atoms with Gasteiger partial charge in [0.15, 0.2) is 0 Å². The van der Waals surface area contributed by atoms with Crippen LogP contribution in [0.25, 0.3) is 0 Å². The summed E-state index contributed by atoms with van der Waals surface area (Å²) < 4.78 is 0. The Hall–Kier alpha value is -1.37. The zero-order valence-electron chi connectivity index (χ0n) is 4.13. The molecule has 0 aromatic heterocycles. The van der Waals surface area contributed by atoms with E-state index in [1.807, 2.05) is 6.79 Å². The van der Waals surface area contributed by atoms with Crippen LogP contribution in [0.15, 0.2) is 0 Å². The van der Waals surface area contributed by atoms with Gasteiger partial charge >= 0.3 is 5.97 Å². The number of rotatable bonds is 1. The van der Waals surface area contributed by atoms with Gasteiger partial charge in [-0.2, -0.15) is 5.26 Å². The predicted molar refractivity (Wildman–Crippen MR) is 25.0 cm³/mol. The quantitative estimate of drug-likeness (QED) is 0.513. The number of carboxylic acids is 1. The molecule has 1 N–H and O–H groups in total. The Balaban J connectivity index is 0. The van der Waals surface area contributed by atoms with E-state index in [0.29, 0.717) is 0 Å². The smallest absolute Gasteiger partial charge is 0.317 e. The molecule has 0 heterocycles. The highest BCUT2D eigenvalue weighted by Crippen LogP contribution is 1.68. The molecule has 4 heteroatoms. The summed E-state index contributed by atoms with van der Waals surface area (Å²) in [5.41, 5.74) is 0. The highest BCUT2D eigenvalue weighted by molar-refractivity contribution is 5.69. The summed E-state index contributed by atoms with van der Waals surface area (Å²) in [7, 11) is 0. The van der Waals surface area contributed by atoms with Gasteiger partial charge in [0, 0.05) is 0 Å². The van der Waals surface area contributed by atoms with E-state index < -0.39 is 12.4 Å². The third kappa shape index (κ3) is 23.0. The number of hydrogen-bond acceptors (Lipinski definition) is 3. The number of carboxylic acid groups (broad SMARTS) is 1. The topological polar surface area (TPSA) is 78.2 Å². The largest absolute Gasteiger partial charge is 0.480 e. The molecule has 0 fully saturated rings. The standard InChI is InChI=1S/C3H3NO2.CH2O/c4-2-1-3(5)6;1-2/h1H2,(H,5,6);1H2. The van der Waals surface area contributed by atoms with Crippen LogP contribution in [0.2, 0.25) is 0 Å². The fourth-order valence-corrected chi connectivity index (χ4v) is 0.0676. The highest BCUT2D eigenvalue weighted by Gasteiger charge is 1.87. The molecular weight excluding hydrogens is 110 g/mol. The first-order chi connectivity index (χ1) is 3.77. The van der Waals surface area contributed by atoms with E-state index >= 15 is 0 Å². The Bertz CT molecular complexity index is 104. The molecular formula is C4H5NO3. The summed E-state index contributed by atoms with van der Waals surface area (Å²) in [4.78, 5) is 17.4. The maximum atomic E-state index is 9.38. The molecule has 0 rings (SSSR count). The van der Waals surface area contributed by atoms with E-state index in [1.165, 1.54) is 6.07 Å². The first-order valence-electron chi connectivity index (χ1n) is 1.65. The van der Waals surface area contributed by atoms with Crippen molar-refractivity contribution < 1.29 is 14.7 Å². The lowest BCUT2D eigenvalue weighted by Gasteiger charge is -1.70. The van der Waals surface area contributed by atoms with Gasteiger partial charge in [0.1, 0.15) is 13.2 Å². The number of nitriles is 1. The van der Waals surface area contributed by atoms with Crippen LogP contribution in [0, 0.1) is 11.3 Å². The Morgan fingerprint density at radius 2 is 2.12 bits per heavy atom. The van der Waals surface area contributed by atoms with E-state index in [2.05, 4.69) is 0 Å². The van der Waals surface area contributed by atoms with Crippen molar-refractivity contribution in [2.75, 3.05) is 0 Å². The van der Waals surface area contributed by atoms with E-state index in [9.17, 15) is 4.79 Å². The second-order valence-electron chi connectivity index (χ2n) is 0.729. The second kappa shape index (κ2) is 9.16. The third-order valence-corrected chi connectivity index (χ3v) is 0.230. The molecule has 0 bridgehead atoms. The third-order valence-electron chi connectivity index (χ3n) is 0.230. The molecule has 0 aliphatic heterocycles. The van der Waals surface area contributed by atoms with Gasteiger partial charge in [0.05, 0.1) is 6.07 Å². The first-order valence-corrected chi connectivity index (χ1v) is 1.65. The predicted octanol–water partition coefficient (Wildman–Crippen LogP) is -0.200. The number of aliphatic carboxylic acids is 1. The molecule has 0 amide bonds. The average Bonchev–Trinajstić information content (AvgIpc) is 1.72. The van der Waals surface area contributed by atoms with E-state index in [-0.39, 0.29) is 0 Å². The van der Waals surface area contributed by atoms with Gasteiger partial charge in [-0.15, -0.1) is 0 Å². The van der Waals surface area contributed by atoms with Gasteiger partial charge in [0.2, 0.25) is 0 Å². The Kier molecular flexibility index (Phi) is 11.2. The molecule has 4 nitrogen and oxygen atoms in total. The molecule has 0 saturated heterocycles. The van der Waals surface area contributed by atoms with Gasteiger partial charge in [-0.1, -0.05) is 0 Å². The normalized spacial score (nSPS) is 5.38. The van der Waals surface area contributed by atoms with Crippen molar-refractivity contribution in [3.63, 3.8) is 0 Å². The lowest BCUT2D eigenvalue weighted by molar-refractivity contribution is -0.135. The molecule has 0 aliphatic rings. The molecule has 0 spiro atoms. The van der Waals surface area contributed by atoms with E-state index in [4.69, 9.17) is 15.2 Å². The number of carbonyl (C=O) groups excluding carboxylic acids is 1. The molecule has 8 heavy (non-hydrogen) atoms. The van der Waals surface area contributed by atoms with Crippen LogP contribution in [-0.2, 0) is 9.59 Å². The molecule has 0 saturated carbocycles. The van der Waals surface area contributed by atoms with Crippen LogP contribution in [0.4, 0.5) is 0 Å². The van der Waals surface area contributed by atoms with Gasteiger partial charge in [0.25, 0.3) is 0 Å². The molecule has 0 radical (unpaired) electrons. The average molecular weight is 115 g/mol. The van der Waals surface area contributed by atoms with E-state index in [0.717, 1.165) is 0 Å². The van der Waals surface area contributed by atoms with Crippen molar-refractivity contribution in [1.82, 2.24) is 0 Å². The maximum absolute atomic E-state index is 9.38. The fraction of sp³-hybridized carbons (Fsp3) is 0.250. The summed E-state index contributed by atoms with van der Waals surface area (Å²) in [6.07, 6.45) is -0.403. The van der Waals surface area contributed by atoms with Crippen molar-refractivity contribution in [2.45, 2.75) is 6.42 Å². The molecule has 0 atom stereocenters. The summed E-state index contributed by atoms with van der Waals surface area (Å²) in [6, 6.07) is 1.47. The molecule has 0 aliphatic carbocycles. The summed E-state index contributed by atoms with van der Waals surface area (Å²) >= 11 is 0. The van der Waals surface area contributed by atoms with Crippen molar-refractivity contribution in [2.24, 2.45) is 0 Å². The number of hydrogen-bond donors (Lipinski definition) is 1. The van der Waals surface area contributed by atoms with Crippen LogP contribution in [0.3, 0.4) is 0 Å². The zero-order chi connectivity index (χ0) is 6.99. The Morgan fingerprint density at radius 1 is 1.75 bits per heavy atom. The second-order valence-corrected chi connectivity index (χ2v) is 0.729. The highest BCUT2D eigenvalue weighted by atomic mass is 16.4. The number of carbonyl (C=O) groups is 2. The van der Waals surface area contributed by atoms with Crippen LogP contribution in [0.5, 0.6) is 0 Å². The minimum atomic E-state index is -1.07. The SMILES string of the molecule is C=O.N#CCC(=O)O. The van der Waals surface area contributed by atoms with Gasteiger partial charge < -0.3 is 9.90 Å². The van der Waals surface area contributed by atoms with Crippen molar-refractivity contribution in [3.8, 4) is 6.07 Å². The Morgan fingerprint density at radius 3 is 2.12 bits per heavy atom. The zero-order valence-corrected chi connectivity index (χ0v) is 4.13. The Labute approximate surface area is 46.3 Å². The van der Waals surface area contributed by atoms with E-state index in [1.54, 1.807) is 0 Å². The lowest BCUT2D eigenvalue weighted by atomic mass is 10.5. The lowest BCUT2D eigenvalue weighted by Crippen LogP contribution is -1.88. The minimum absolute atomic E-state index is 0.403. The number of nitrogens with zero attached hydrogens (tertiary/aromatic N) is 1. The summed E-state index contributed by atoms with van der Waals surface area (Å²) in [5, 5.41) is 15.3. The monoisotopic (exact) mass is 115 g/mol.